The molecule has 0 bridgehead atoms. The highest BCUT2D eigenvalue weighted by Gasteiger charge is 2.10. The Kier molecular flexibility index (Phi) is 7.28. The van der Waals surface area contributed by atoms with E-state index in [2.05, 4.69) is 16.7 Å². The second-order valence-electron chi connectivity index (χ2n) is 4.14. The quantitative estimate of drug-likeness (QED) is 0.225. The summed E-state index contributed by atoms with van der Waals surface area (Å²) in [7, 11) is 0. The Bertz CT molecular complexity index is 426. The molecule has 0 aromatic heterocycles. The zero-order valence-corrected chi connectivity index (χ0v) is 11.8. The highest BCUT2D eigenvalue weighted by atomic mass is 32.2. The van der Waals surface area contributed by atoms with Crippen molar-refractivity contribution in [3.8, 4) is 0 Å². The second-order valence-corrected chi connectivity index (χ2v) is 5.13. The predicted molar refractivity (Wildman–Crippen MR) is 78.2 cm³/mol. The van der Waals surface area contributed by atoms with E-state index in [1.165, 1.54) is 6.07 Å². The zero-order chi connectivity index (χ0) is 14.1. The lowest BCUT2D eigenvalue weighted by Gasteiger charge is -2.08. The molecule has 1 aromatic carbocycles. The van der Waals surface area contributed by atoms with Crippen LogP contribution >= 0.6 is 11.8 Å². The maximum atomic E-state index is 14.0. The third-order valence-corrected chi connectivity index (χ3v) is 3.43. The molecule has 0 spiro atoms. The van der Waals surface area contributed by atoms with Crippen LogP contribution in [0.25, 0.3) is 0 Å². The van der Waals surface area contributed by atoms with Gasteiger partial charge in [-0.25, -0.2) is 4.39 Å². The molecular weight excluding hydrogens is 265 g/mol. The largest absolute Gasteiger partial charge is 0.409 e. The van der Waals surface area contributed by atoms with Crippen LogP contribution in [0.15, 0.2) is 23.4 Å². The molecule has 0 atom stereocenters. The molecule has 1 rings (SSSR count). The Morgan fingerprint density at radius 3 is 2.95 bits per heavy atom. The molecular formula is C13H20FN3OS. The standard InChI is InChI=1S/C13H20FN3OS/c1-19-8-3-2-7-16-9-10-5-4-6-11(12(10)14)13(15)17-18/h4-6,16,18H,2-3,7-9H2,1H3,(H2,15,17). The fourth-order valence-electron chi connectivity index (χ4n) is 1.69. The van der Waals surface area contributed by atoms with Crippen LogP contribution in [0.3, 0.4) is 0 Å². The van der Waals surface area contributed by atoms with Crippen molar-refractivity contribution in [3.63, 3.8) is 0 Å². The highest BCUT2D eigenvalue weighted by molar-refractivity contribution is 7.98. The Labute approximate surface area is 117 Å². The molecule has 0 amide bonds. The van der Waals surface area contributed by atoms with Crippen molar-refractivity contribution < 1.29 is 9.60 Å². The molecule has 0 heterocycles. The van der Waals surface area contributed by atoms with Gasteiger partial charge in [0, 0.05) is 12.1 Å². The van der Waals surface area contributed by atoms with Gasteiger partial charge in [0.1, 0.15) is 5.82 Å². The molecule has 19 heavy (non-hydrogen) atoms. The van der Waals surface area contributed by atoms with Crippen molar-refractivity contribution in [2.75, 3.05) is 18.6 Å². The van der Waals surface area contributed by atoms with Crippen LogP contribution in [0.5, 0.6) is 0 Å². The fraction of sp³-hybridized carbons (Fsp3) is 0.462. The number of nitrogens with one attached hydrogen (secondary N) is 1. The maximum Gasteiger partial charge on any atom is 0.173 e. The van der Waals surface area contributed by atoms with Crippen LogP contribution in [0.2, 0.25) is 0 Å². The van der Waals surface area contributed by atoms with E-state index in [1.54, 1.807) is 12.1 Å². The first-order chi connectivity index (χ1) is 9.20. The van der Waals surface area contributed by atoms with E-state index < -0.39 is 5.82 Å². The van der Waals surface area contributed by atoms with Crippen molar-refractivity contribution in [3.05, 3.63) is 35.1 Å². The summed E-state index contributed by atoms with van der Waals surface area (Å²) in [6.07, 6.45) is 4.31. The molecule has 0 saturated carbocycles. The van der Waals surface area contributed by atoms with Crippen LogP contribution in [-0.2, 0) is 6.54 Å². The normalized spacial score (nSPS) is 11.8. The number of hydrogen-bond donors (Lipinski definition) is 3. The molecule has 1 aromatic rings. The van der Waals surface area contributed by atoms with Gasteiger partial charge in [0.2, 0.25) is 0 Å². The van der Waals surface area contributed by atoms with E-state index in [4.69, 9.17) is 10.9 Å². The molecule has 106 valence electrons. The maximum absolute atomic E-state index is 14.0. The number of amidine groups is 1. The summed E-state index contributed by atoms with van der Waals surface area (Å²) in [6, 6.07) is 4.88. The summed E-state index contributed by atoms with van der Waals surface area (Å²) in [5.41, 5.74) is 6.06. The lowest BCUT2D eigenvalue weighted by atomic mass is 10.1. The van der Waals surface area contributed by atoms with E-state index in [1.807, 2.05) is 11.8 Å². The predicted octanol–water partition coefficient (Wildman–Crippen LogP) is 2.15. The van der Waals surface area contributed by atoms with Crippen molar-refractivity contribution in [1.29, 1.82) is 0 Å². The number of unbranched alkanes of at least 4 members (excludes halogenated alkanes) is 1. The molecule has 0 fully saturated rings. The van der Waals surface area contributed by atoms with Crippen molar-refractivity contribution in [2.45, 2.75) is 19.4 Å². The average Bonchev–Trinajstić information content (AvgIpc) is 2.43. The van der Waals surface area contributed by atoms with Gasteiger partial charge >= 0.3 is 0 Å². The molecule has 4 nitrogen and oxygen atoms in total. The minimum absolute atomic E-state index is 0.129. The average molecular weight is 285 g/mol. The molecule has 0 aliphatic carbocycles. The Morgan fingerprint density at radius 1 is 1.47 bits per heavy atom. The Hall–Kier alpha value is -1.27. The molecule has 0 aliphatic heterocycles. The van der Waals surface area contributed by atoms with E-state index in [0.717, 1.165) is 25.1 Å². The summed E-state index contributed by atoms with van der Waals surface area (Å²) >= 11 is 1.83. The van der Waals surface area contributed by atoms with Gasteiger partial charge in [-0.2, -0.15) is 11.8 Å². The van der Waals surface area contributed by atoms with Crippen molar-refractivity contribution in [2.24, 2.45) is 10.9 Å². The molecule has 6 heteroatoms. The second kappa shape index (κ2) is 8.77. The summed E-state index contributed by atoms with van der Waals surface area (Å²) in [5, 5.41) is 14.6. The van der Waals surface area contributed by atoms with Gasteiger partial charge in [-0.3, -0.25) is 0 Å². The first kappa shape index (κ1) is 15.8. The number of benzene rings is 1. The van der Waals surface area contributed by atoms with E-state index in [-0.39, 0.29) is 11.4 Å². The number of oxime groups is 1. The monoisotopic (exact) mass is 285 g/mol. The molecule has 0 unspecified atom stereocenters. The van der Waals surface area contributed by atoms with Gasteiger partial charge in [0.15, 0.2) is 5.84 Å². The summed E-state index contributed by atoms with van der Waals surface area (Å²) < 4.78 is 14.0. The minimum atomic E-state index is -0.436. The third kappa shape index (κ3) is 5.08. The molecule has 0 aliphatic rings. The lowest BCUT2D eigenvalue weighted by molar-refractivity contribution is 0.318. The SMILES string of the molecule is CSCCCCNCc1cccc(/C(N)=N/O)c1F. The number of thioether (sulfide) groups is 1. The first-order valence-electron chi connectivity index (χ1n) is 6.15. The van der Waals surface area contributed by atoms with Gasteiger partial charge in [-0.05, 0) is 37.5 Å². The minimum Gasteiger partial charge on any atom is -0.409 e. The number of nitrogens with zero attached hydrogens (tertiary/aromatic N) is 1. The van der Waals surface area contributed by atoms with Crippen LogP contribution in [-0.4, -0.2) is 29.6 Å². The van der Waals surface area contributed by atoms with Crippen LogP contribution in [0, 0.1) is 5.82 Å². The van der Waals surface area contributed by atoms with Crippen molar-refractivity contribution in [1.82, 2.24) is 5.32 Å². The summed E-state index contributed by atoms with van der Waals surface area (Å²) in [6.45, 7) is 1.30. The number of hydrogen-bond acceptors (Lipinski definition) is 4. The van der Waals surface area contributed by atoms with Gasteiger partial charge in [-0.1, -0.05) is 17.3 Å². The summed E-state index contributed by atoms with van der Waals surface area (Å²) in [5.74, 6) is 0.503. The molecule has 0 saturated heterocycles. The lowest BCUT2D eigenvalue weighted by Crippen LogP contribution is -2.19. The van der Waals surface area contributed by atoms with Gasteiger partial charge in [-0.15, -0.1) is 0 Å². The third-order valence-electron chi connectivity index (χ3n) is 2.73. The van der Waals surface area contributed by atoms with E-state index in [9.17, 15) is 4.39 Å². The first-order valence-corrected chi connectivity index (χ1v) is 7.55. The van der Waals surface area contributed by atoms with Gasteiger partial charge in [0.05, 0.1) is 5.56 Å². The summed E-state index contributed by atoms with van der Waals surface area (Å²) in [4.78, 5) is 0. The molecule has 4 N–H and O–H groups in total. The van der Waals surface area contributed by atoms with Gasteiger partial charge in [0.25, 0.3) is 0 Å². The van der Waals surface area contributed by atoms with Gasteiger partial charge < -0.3 is 16.3 Å². The van der Waals surface area contributed by atoms with Crippen LogP contribution in [0.1, 0.15) is 24.0 Å². The fourth-order valence-corrected chi connectivity index (χ4v) is 2.18. The van der Waals surface area contributed by atoms with E-state index in [0.29, 0.717) is 12.1 Å². The number of halogens is 1. The topological polar surface area (TPSA) is 70.6 Å². The number of nitrogens with two attached hydrogens (primary N) is 1. The van der Waals surface area contributed by atoms with Crippen molar-refractivity contribution >= 4 is 17.6 Å². The Morgan fingerprint density at radius 2 is 2.26 bits per heavy atom. The smallest absolute Gasteiger partial charge is 0.173 e. The highest BCUT2D eigenvalue weighted by Crippen LogP contribution is 2.12. The Balaban J connectivity index is 2.50. The van der Waals surface area contributed by atoms with Crippen LogP contribution < -0.4 is 11.1 Å². The van der Waals surface area contributed by atoms with Crippen LogP contribution in [0.4, 0.5) is 4.39 Å². The zero-order valence-electron chi connectivity index (χ0n) is 11.0. The molecule has 0 radical (unpaired) electrons. The number of rotatable bonds is 8. The van der Waals surface area contributed by atoms with E-state index >= 15 is 0 Å².